The van der Waals surface area contributed by atoms with Crippen LogP contribution >= 0.6 is 0 Å². The zero-order valence-corrected chi connectivity index (χ0v) is 13.1. The fourth-order valence-electron chi connectivity index (χ4n) is 3.03. The van der Waals surface area contributed by atoms with Gasteiger partial charge in [0.1, 0.15) is 11.9 Å². The molecule has 1 aromatic carbocycles. The van der Waals surface area contributed by atoms with E-state index in [4.69, 9.17) is 5.73 Å². The molecule has 6 heteroatoms. The maximum atomic E-state index is 14.3. The number of hydrogen-bond acceptors (Lipinski definition) is 1. The van der Waals surface area contributed by atoms with E-state index in [0.29, 0.717) is 17.6 Å². The summed E-state index contributed by atoms with van der Waals surface area (Å²) >= 11 is 0. The predicted molar refractivity (Wildman–Crippen MR) is 81.7 cm³/mol. The molecule has 1 heterocycles. The van der Waals surface area contributed by atoms with Crippen LogP contribution < -0.4 is 5.73 Å². The lowest BCUT2D eigenvalue weighted by Gasteiger charge is -2.15. The summed E-state index contributed by atoms with van der Waals surface area (Å²) in [6.45, 7) is 4.54. The second-order valence-electron chi connectivity index (χ2n) is 6.82. The number of aromatic nitrogens is 1. The Labute approximate surface area is 132 Å². The van der Waals surface area contributed by atoms with Gasteiger partial charge < -0.3 is 10.3 Å². The third-order valence-corrected chi connectivity index (χ3v) is 4.30. The molecule has 0 radical (unpaired) electrons. The predicted octanol–water partition coefficient (Wildman–Crippen LogP) is 4.88. The SMILES string of the molecule is CC(C)Cn1cc([C@H](N)C(F)(F)F)c2cc(F)c(C3CC3)cc21. The monoisotopic (exact) mass is 328 g/mol. The van der Waals surface area contributed by atoms with Gasteiger partial charge >= 0.3 is 6.18 Å². The Balaban J connectivity index is 2.18. The van der Waals surface area contributed by atoms with Crippen molar-refractivity contribution in [1.29, 1.82) is 0 Å². The number of rotatable bonds is 4. The van der Waals surface area contributed by atoms with Crippen molar-refractivity contribution < 1.29 is 17.6 Å². The second kappa shape index (κ2) is 5.51. The highest BCUT2D eigenvalue weighted by Crippen LogP contribution is 2.44. The number of nitrogens with zero attached hydrogens (tertiary/aromatic N) is 1. The maximum absolute atomic E-state index is 14.3. The van der Waals surface area contributed by atoms with Crippen molar-refractivity contribution in [2.45, 2.75) is 51.4 Å². The number of halogens is 4. The van der Waals surface area contributed by atoms with E-state index in [1.807, 2.05) is 13.8 Å². The molecule has 2 nitrogen and oxygen atoms in total. The smallest absolute Gasteiger partial charge is 0.347 e. The van der Waals surface area contributed by atoms with Gasteiger partial charge in [-0.2, -0.15) is 13.2 Å². The topological polar surface area (TPSA) is 30.9 Å². The number of benzene rings is 1. The van der Waals surface area contributed by atoms with Gasteiger partial charge in [-0.25, -0.2) is 4.39 Å². The molecule has 1 aliphatic rings. The zero-order chi connectivity index (χ0) is 16.9. The first-order valence-electron chi connectivity index (χ1n) is 7.83. The van der Waals surface area contributed by atoms with E-state index < -0.39 is 18.0 Å². The van der Waals surface area contributed by atoms with Crippen molar-refractivity contribution in [3.8, 4) is 0 Å². The number of nitrogens with two attached hydrogens (primary N) is 1. The minimum Gasteiger partial charge on any atom is -0.347 e. The zero-order valence-electron chi connectivity index (χ0n) is 13.1. The highest BCUT2D eigenvalue weighted by molar-refractivity contribution is 5.85. The van der Waals surface area contributed by atoms with E-state index in [1.165, 1.54) is 12.3 Å². The highest BCUT2D eigenvalue weighted by Gasteiger charge is 2.40. The molecule has 0 saturated heterocycles. The third-order valence-electron chi connectivity index (χ3n) is 4.30. The van der Waals surface area contributed by atoms with Crippen LogP contribution in [-0.2, 0) is 6.54 Å². The highest BCUT2D eigenvalue weighted by atomic mass is 19.4. The van der Waals surface area contributed by atoms with Gasteiger partial charge in [0, 0.05) is 29.2 Å². The van der Waals surface area contributed by atoms with Gasteiger partial charge in [-0.15, -0.1) is 0 Å². The van der Waals surface area contributed by atoms with Gasteiger partial charge in [-0.3, -0.25) is 0 Å². The average Bonchev–Trinajstić information content (AvgIpc) is 3.21. The molecular weight excluding hydrogens is 308 g/mol. The van der Waals surface area contributed by atoms with Crippen LogP contribution in [0.15, 0.2) is 18.3 Å². The molecule has 1 atom stereocenters. The molecule has 2 aromatic rings. The van der Waals surface area contributed by atoms with Crippen molar-refractivity contribution in [3.05, 3.63) is 35.3 Å². The Hall–Kier alpha value is -1.56. The van der Waals surface area contributed by atoms with E-state index in [1.54, 1.807) is 10.6 Å². The minimum absolute atomic E-state index is 0.0607. The summed E-state index contributed by atoms with van der Waals surface area (Å²) in [4.78, 5) is 0. The van der Waals surface area contributed by atoms with Gasteiger partial charge in [-0.05, 0) is 42.4 Å². The molecule has 0 bridgehead atoms. The maximum Gasteiger partial charge on any atom is 0.407 e. The summed E-state index contributed by atoms with van der Waals surface area (Å²) in [6.07, 6.45) is -1.26. The molecule has 126 valence electrons. The fourth-order valence-corrected chi connectivity index (χ4v) is 3.03. The summed E-state index contributed by atoms with van der Waals surface area (Å²) in [5.41, 5.74) is 6.56. The van der Waals surface area contributed by atoms with Crippen LogP contribution in [0, 0.1) is 11.7 Å². The van der Waals surface area contributed by atoms with Crippen molar-refractivity contribution in [3.63, 3.8) is 0 Å². The van der Waals surface area contributed by atoms with Gasteiger partial charge in [0.25, 0.3) is 0 Å². The second-order valence-corrected chi connectivity index (χ2v) is 6.82. The van der Waals surface area contributed by atoms with Crippen LogP contribution in [0.2, 0.25) is 0 Å². The van der Waals surface area contributed by atoms with Gasteiger partial charge in [0.2, 0.25) is 0 Å². The molecule has 3 rings (SSSR count). The number of hydrogen-bond donors (Lipinski definition) is 1. The fraction of sp³-hybridized carbons (Fsp3) is 0.529. The molecule has 0 spiro atoms. The molecule has 2 N–H and O–H groups in total. The van der Waals surface area contributed by atoms with Crippen LogP contribution in [0.3, 0.4) is 0 Å². The lowest BCUT2D eigenvalue weighted by Crippen LogP contribution is -2.28. The van der Waals surface area contributed by atoms with Crippen molar-refractivity contribution >= 4 is 10.9 Å². The lowest BCUT2D eigenvalue weighted by atomic mass is 10.0. The first-order chi connectivity index (χ1) is 10.7. The van der Waals surface area contributed by atoms with Crippen molar-refractivity contribution in [1.82, 2.24) is 4.57 Å². The molecule has 1 saturated carbocycles. The quantitative estimate of drug-likeness (QED) is 0.797. The summed E-state index contributed by atoms with van der Waals surface area (Å²) in [5, 5.41) is 0.261. The molecule has 0 amide bonds. The Kier molecular flexibility index (Phi) is 3.91. The van der Waals surface area contributed by atoms with E-state index >= 15 is 0 Å². The first-order valence-corrected chi connectivity index (χ1v) is 7.83. The Morgan fingerprint density at radius 2 is 1.91 bits per heavy atom. The van der Waals surface area contributed by atoms with Crippen molar-refractivity contribution in [2.24, 2.45) is 11.7 Å². The first kappa shape index (κ1) is 16.3. The van der Waals surface area contributed by atoms with E-state index in [0.717, 1.165) is 12.8 Å². The molecule has 1 aromatic heterocycles. The minimum atomic E-state index is -4.55. The van der Waals surface area contributed by atoms with E-state index in [9.17, 15) is 17.6 Å². The van der Waals surface area contributed by atoms with Gasteiger partial charge in [0.15, 0.2) is 0 Å². The molecule has 1 aliphatic carbocycles. The lowest BCUT2D eigenvalue weighted by molar-refractivity contribution is -0.148. The Bertz CT molecular complexity index is 726. The number of alkyl halides is 3. The number of fused-ring (bicyclic) bond motifs is 1. The van der Waals surface area contributed by atoms with E-state index in [2.05, 4.69) is 0 Å². The molecule has 1 fully saturated rings. The summed E-state index contributed by atoms with van der Waals surface area (Å²) in [5.74, 6) is 0.0226. The van der Waals surface area contributed by atoms with Gasteiger partial charge in [-0.1, -0.05) is 13.8 Å². The molecule has 0 aliphatic heterocycles. The van der Waals surface area contributed by atoms with Crippen LogP contribution in [0.25, 0.3) is 10.9 Å². The molecule has 23 heavy (non-hydrogen) atoms. The molecular formula is C17H20F4N2. The van der Waals surface area contributed by atoms with Gasteiger partial charge in [0.05, 0.1) is 0 Å². The van der Waals surface area contributed by atoms with Crippen LogP contribution in [0.1, 0.15) is 49.8 Å². The Morgan fingerprint density at radius 3 is 2.43 bits per heavy atom. The Morgan fingerprint density at radius 1 is 1.26 bits per heavy atom. The normalized spacial score (nSPS) is 17.2. The summed E-state index contributed by atoms with van der Waals surface area (Å²) in [6, 6.07) is 0.822. The molecule has 0 unspecified atom stereocenters. The van der Waals surface area contributed by atoms with Crippen LogP contribution in [0.4, 0.5) is 17.6 Å². The summed E-state index contributed by atoms with van der Waals surface area (Å²) in [7, 11) is 0. The van der Waals surface area contributed by atoms with E-state index in [-0.39, 0.29) is 22.8 Å². The largest absolute Gasteiger partial charge is 0.407 e. The third kappa shape index (κ3) is 3.09. The van der Waals surface area contributed by atoms with Crippen LogP contribution in [-0.4, -0.2) is 10.7 Å². The average molecular weight is 328 g/mol. The van der Waals surface area contributed by atoms with Crippen molar-refractivity contribution in [2.75, 3.05) is 0 Å². The standard InChI is InChI=1S/C17H20F4N2/c1-9(2)7-23-8-13(16(22)17(19,20)21)12-5-14(18)11(6-15(12)23)10-3-4-10/h5-6,8-10,16H,3-4,7,22H2,1-2H3/t16-/m0/s1. The summed E-state index contributed by atoms with van der Waals surface area (Å²) < 4.78 is 55.1. The van der Waals surface area contributed by atoms with Crippen LogP contribution in [0.5, 0.6) is 0 Å².